The van der Waals surface area contributed by atoms with Crippen LogP contribution in [0.3, 0.4) is 0 Å². The second-order valence-corrected chi connectivity index (χ2v) is 8.47. The molecule has 0 aromatic heterocycles. The van der Waals surface area contributed by atoms with Crippen molar-refractivity contribution in [3.05, 3.63) is 41.7 Å². The van der Waals surface area contributed by atoms with Crippen LogP contribution in [-0.2, 0) is 4.79 Å². The van der Waals surface area contributed by atoms with Gasteiger partial charge in [-0.2, -0.15) is 0 Å². The molecule has 0 bridgehead atoms. The molecule has 0 radical (unpaired) electrons. The summed E-state index contributed by atoms with van der Waals surface area (Å²) in [6.45, 7) is 8.38. The molecule has 160 valence electrons. The summed E-state index contributed by atoms with van der Waals surface area (Å²) < 4.78 is 12.9. The van der Waals surface area contributed by atoms with Gasteiger partial charge < -0.3 is 5.32 Å². The number of nitrogens with one attached hydrogen (secondary N) is 1. The van der Waals surface area contributed by atoms with Gasteiger partial charge in [-0.25, -0.2) is 4.39 Å². The molecule has 1 aromatic carbocycles. The molecule has 4 nitrogen and oxygen atoms in total. The normalized spacial score (nSPS) is 21.8. The third kappa shape index (κ3) is 7.23. The Labute approximate surface area is 175 Å². The summed E-state index contributed by atoms with van der Waals surface area (Å²) in [6.07, 6.45) is 10.7. The van der Waals surface area contributed by atoms with E-state index in [2.05, 4.69) is 34.2 Å². The molecule has 1 unspecified atom stereocenters. The van der Waals surface area contributed by atoms with E-state index < -0.39 is 0 Å². The molecule has 0 saturated carbocycles. The molecule has 1 atom stereocenters. The number of halogens is 1. The fourth-order valence-electron chi connectivity index (χ4n) is 4.57. The van der Waals surface area contributed by atoms with Crippen LogP contribution in [0.5, 0.6) is 0 Å². The standard InChI is InChI=1S/C24H36FN3O/c1-2-28-16-4-6-23(28)19-26-24(29)12-9-21-13-17-27(18-14-21)15-3-5-20-7-10-22(25)11-8-20/h3,5,7-8,10-11,21,23H,2,4,6,9,12-19H2,1H3,(H,26,29)/b5-3+. The minimum Gasteiger partial charge on any atom is -0.355 e. The molecule has 1 amide bonds. The minimum atomic E-state index is -0.195. The van der Waals surface area contributed by atoms with Gasteiger partial charge in [-0.05, 0) is 81.9 Å². The highest BCUT2D eigenvalue weighted by molar-refractivity contribution is 5.75. The first-order valence-corrected chi connectivity index (χ1v) is 11.3. The molecule has 2 fully saturated rings. The van der Waals surface area contributed by atoms with E-state index in [-0.39, 0.29) is 11.7 Å². The molecule has 2 heterocycles. The Morgan fingerprint density at radius 1 is 1.17 bits per heavy atom. The fraction of sp³-hybridized carbons (Fsp3) is 0.625. The smallest absolute Gasteiger partial charge is 0.220 e. The average Bonchev–Trinajstić information content (AvgIpc) is 3.21. The van der Waals surface area contributed by atoms with Gasteiger partial charge in [0.05, 0.1) is 0 Å². The van der Waals surface area contributed by atoms with Crippen molar-refractivity contribution in [2.45, 2.75) is 51.5 Å². The average molecular weight is 402 g/mol. The van der Waals surface area contributed by atoms with Gasteiger partial charge in [0.1, 0.15) is 5.82 Å². The molecule has 3 rings (SSSR count). The van der Waals surface area contributed by atoms with Gasteiger partial charge in [-0.15, -0.1) is 0 Å². The molecule has 2 saturated heterocycles. The molecule has 1 N–H and O–H groups in total. The summed E-state index contributed by atoms with van der Waals surface area (Å²) in [4.78, 5) is 17.2. The summed E-state index contributed by atoms with van der Waals surface area (Å²) in [5, 5.41) is 3.16. The number of carbonyl (C=O) groups is 1. The topological polar surface area (TPSA) is 35.6 Å². The summed E-state index contributed by atoms with van der Waals surface area (Å²) in [5.41, 5.74) is 1.03. The summed E-state index contributed by atoms with van der Waals surface area (Å²) >= 11 is 0. The van der Waals surface area contributed by atoms with Crippen LogP contribution >= 0.6 is 0 Å². The van der Waals surface area contributed by atoms with E-state index in [9.17, 15) is 9.18 Å². The van der Waals surface area contributed by atoms with Crippen LogP contribution in [-0.4, -0.2) is 61.0 Å². The summed E-state index contributed by atoms with van der Waals surface area (Å²) in [6, 6.07) is 7.13. The van der Waals surface area contributed by atoms with Crippen LogP contribution in [0.15, 0.2) is 30.3 Å². The number of carbonyl (C=O) groups excluding carboxylic acids is 1. The predicted octanol–water partition coefficient (Wildman–Crippen LogP) is 3.93. The van der Waals surface area contributed by atoms with Crippen LogP contribution in [0.2, 0.25) is 0 Å². The zero-order valence-electron chi connectivity index (χ0n) is 17.8. The van der Waals surface area contributed by atoms with Crippen LogP contribution in [0.4, 0.5) is 4.39 Å². The summed E-state index contributed by atoms with van der Waals surface area (Å²) in [5.74, 6) is 0.689. The Morgan fingerprint density at radius 2 is 1.93 bits per heavy atom. The number of amides is 1. The van der Waals surface area contributed by atoms with Crippen LogP contribution in [0.25, 0.3) is 6.08 Å². The molecule has 0 aliphatic carbocycles. The second kappa shape index (κ2) is 11.5. The van der Waals surface area contributed by atoms with E-state index in [0.29, 0.717) is 18.4 Å². The van der Waals surface area contributed by atoms with Gasteiger partial charge in [-0.3, -0.25) is 14.6 Å². The lowest BCUT2D eigenvalue weighted by Crippen LogP contribution is -2.40. The Kier molecular flexibility index (Phi) is 8.69. The molecule has 1 aromatic rings. The second-order valence-electron chi connectivity index (χ2n) is 8.47. The molecule has 29 heavy (non-hydrogen) atoms. The van der Waals surface area contributed by atoms with Gasteiger partial charge >= 0.3 is 0 Å². The van der Waals surface area contributed by atoms with Crippen molar-refractivity contribution in [2.24, 2.45) is 5.92 Å². The Bertz CT molecular complexity index is 653. The lowest BCUT2D eigenvalue weighted by Gasteiger charge is -2.31. The third-order valence-corrected chi connectivity index (χ3v) is 6.47. The monoisotopic (exact) mass is 401 g/mol. The molecule has 2 aliphatic heterocycles. The number of likely N-dealkylation sites (tertiary alicyclic amines) is 2. The third-order valence-electron chi connectivity index (χ3n) is 6.47. The molecule has 5 heteroatoms. The SMILES string of the molecule is CCN1CCCC1CNC(=O)CCC1CCN(C/C=C/c2ccc(F)cc2)CC1. The van der Waals surface area contributed by atoms with Gasteiger partial charge in [0.25, 0.3) is 0 Å². The van der Waals surface area contributed by atoms with Gasteiger partial charge in [0.15, 0.2) is 0 Å². The number of hydrogen-bond donors (Lipinski definition) is 1. The van der Waals surface area contributed by atoms with E-state index >= 15 is 0 Å². The van der Waals surface area contributed by atoms with E-state index in [1.54, 1.807) is 12.1 Å². The number of nitrogens with zero attached hydrogens (tertiary/aromatic N) is 2. The molecule has 0 spiro atoms. The first-order valence-electron chi connectivity index (χ1n) is 11.3. The predicted molar refractivity (Wildman–Crippen MR) is 117 cm³/mol. The van der Waals surface area contributed by atoms with Crippen molar-refractivity contribution >= 4 is 12.0 Å². The number of likely N-dealkylation sites (N-methyl/N-ethyl adjacent to an activating group) is 1. The van der Waals surface area contributed by atoms with Gasteiger partial charge in [0, 0.05) is 25.6 Å². The maximum Gasteiger partial charge on any atom is 0.220 e. The van der Waals surface area contributed by atoms with E-state index in [4.69, 9.17) is 0 Å². The first kappa shape index (κ1) is 22.0. The van der Waals surface area contributed by atoms with Crippen molar-refractivity contribution in [1.29, 1.82) is 0 Å². The largest absolute Gasteiger partial charge is 0.355 e. The van der Waals surface area contributed by atoms with Crippen molar-refractivity contribution in [3.8, 4) is 0 Å². The number of rotatable bonds is 9. The lowest BCUT2D eigenvalue weighted by molar-refractivity contribution is -0.121. The zero-order valence-corrected chi connectivity index (χ0v) is 17.8. The van der Waals surface area contributed by atoms with Gasteiger partial charge in [0.2, 0.25) is 5.91 Å². The summed E-state index contributed by atoms with van der Waals surface area (Å²) in [7, 11) is 0. The molecular weight excluding hydrogens is 365 g/mol. The number of benzene rings is 1. The Balaban J connectivity index is 1.27. The van der Waals surface area contributed by atoms with Crippen molar-refractivity contribution in [2.75, 3.05) is 39.3 Å². The van der Waals surface area contributed by atoms with E-state index in [1.165, 1.54) is 44.4 Å². The number of piperidine rings is 1. The van der Waals surface area contributed by atoms with Crippen LogP contribution in [0, 0.1) is 11.7 Å². The van der Waals surface area contributed by atoms with Gasteiger partial charge in [-0.1, -0.05) is 31.2 Å². The fourth-order valence-corrected chi connectivity index (χ4v) is 4.57. The highest BCUT2D eigenvalue weighted by atomic mass is 19.1. The zero-order chi connectivity index (χ0) is 20.5. The molecular formula is C24H36FN3O. The first-order chi connectivity index (χ1) is 14.1. The lowest BCUT2D eigenvalue weighted by atomic mass is 9.92. The van der Waals surface area contributed by atoms with Crippen molar-refractivity contribution in [1.82, 2.24) is 15.1 Å². The van der Waals surface area contributed by atoms with E-state index in [1.807, 2.05) is 0 Å². The minimum absolute atomic E-state index is 0.195. The number of hydrogen-bond acceptors (Lipinski definition) is 3. The van der Waals surface area contributed by atoms with Crippen LogP contribution < -0.4 is 5.32 Å². The van der Waals surface area contributed by atoms with Crippen LogP contribution in [0.1, 0.15) is 51.0 Å². The maximum atomic E-state index is 12.9. The maximum absolute atomic E-state index is 12.9. The van der Waals surface area contributed by atoms with Crippen molar-refractivity contribution in [3.63, 3.8) is 0 Å². The quantitative estimate of drug-likeness (QED) is 0.681. The Hall–Kier alpha value is -1.72. The van der Waals surface area contributed by atoms with Crippen molar-refractivity contribution < 1.29 is 9.18 Å². The Morgan fingerprint density at radius 3 is 2.66 bits per heavy atom. The highest BCUT2D eigenvalue weighted by Gasteiger charge is 2.23. The van der Waals surface area contributed by atoms with E-state index in [0.717, 1.165) is 44.7 Å². The highest BCUT2D eigenvalue weighted by Crippen LogP contribution is 2.22. The molecule has 2 aliphatic rings.